The van der Waals surface area contributed by atoms with Gasteiger partial charge in [-0.25, -0.2) is 4.98 Å². The normalized spacial score (nSPS) is 10.0. The van der Waals surface area contributed by atoms with E-state index in [4.69, 9.17) is 5.73 Å². The maximum absolute atomic E-state index is 11.8. The van der Waals surface area contributed by atoms with Crippen LogP contribution in [0.5, 0.6) is 0 Å². The van der Waals surface area contributed by atoms with Gasteiger partial charge in [0.25, 0.3) is 5.91 Å². The molecule has 0 unspecified atom stereocenters. The molecular weight excluding hydrogens is 250 g/mol. The molecule has 0 spiro atoms. The molecule has 2 amide bonds. The van der Waals surface area contributed by atoms with E-state index in [0.29, 0.717) is 16.9 Å². The number of thiazole rings is 1. The lowest BCUT2D eigenvalue weighted by Crippen LogP contribution is -2.19. The van der Waals surface area contributed by atoms with Crippen LogP contribution in [0.2, 0.25) is 0 Å². The Labute approximate surface area is 108 Å². The highest BCUT2D eigenvalue weighted by molar-refractivity contribution is 7.07. The van der Waals surface area contributed by atoms with Gasteiger partial charge < -0.3 is 11.1 Å². The van der Waals surface area contributed by atoms with Gasteiger partial charge >= 0.3 is 0 Å². The molecule has 0 fully saturated rings. The van der Waals surface area contributed by atoms with Crippen LogP contribution >= 0.6 is 11.3 Å². The fraction of sp³-hybridized carbons (Fsp3) is 0.0833. The van der Waals surface area contributed by atoms with Gasteiger partial charge in [-0.2, -0.15) is 0 Å². The first-order valence-electron chi connectivity index (χ1n) is 5.22. The summed E-state index contributed by atoms with van der Waals surface area (Å²) in [5.41, 5.74) is 8.31. The zero-order valence-electron chi connectivity index (χ0n) is 9.42. The van der Waals surface area contributed by atoms with Gasteiger partial charge in [-0.3, -0.25) is 9.59 Å². The summed E-state index contributed by atoms with van der Waals surface area (Å²) in [6.45, 7) is 0. The third-order valence-electron chi connectivity index (χ3n) is 2.29. The van der Waals surface area contributed by atoms with Crippen LogP contribution < -0.4 is 11.1 Å². The minimum absolute atomic E-state index is 0.177. The summed E-state index contributed by atoms with van der Waals surface area (Å²) in [7, 11) is 0. The summed E-state index contributed by atoms with van der Waals surface area (Å²) in [5, 5.41) is 4.46. The van der Waals surface area contributed by atoms with Crippen LogP contribution in [0, 0.1) is 0 Å². The van der Waals surface area contributed by atoms with Crippen molar-refractivity contribution in [1.82, 2.24) is 4.98 Å². The smallest absolute Gasteiger partial charge is 0.250 e. The van der Waals surface area contributed by atoms with Gasteiger partial charge in [0, 0.05) is 5.38 Å². The van der Waals surface area contributed by atoms with E-state index in [-0.39, 0.29) is 12.3 Å². The van der Waals surface area contributed by atoms with Crippen LogP contribution in [0.1, 0.15) is 16.1 Å². The average Bonchev–Trinajstić information content (AvgIpc) is 2.82. The molecule has 0 atom stereocenters. The number of primary amides is 1. The molecule has 0 saturated carbocycles. The van der Waals surface area contributed by atoms with E-state index >= 15 is 0 Å². The number of nitrogens with zero attached hydrogens (tertiary/aromatic N) is 1. The number of hydrogen-bond acceptors (Lipinski definition) is 4. The van der Waals surface area contributed by atoms with E-state index in [1.54, 1.807) is 35.2 Å². The average molecular weight is 261 g/mol. The van der Waals surface area contributed by atoms with Crippen LogP contribution in [0.15, 0.2) is 35.2 Å². The van der Waals surface area contributed by atoms with E-state index in [9.17, 15) is 9.59 Å². The van der Waals surface area contributed by atoms with Gasteiger partial charge in [-0.15, -0.1) is 11.3 Å². The SMILES string of the molecule is NC(=O)c1ccccc1NC(=O)Cc1cscn1. The molecule has 1 aromatic heterocycles. The third-order valence-corrected chi connectivity index (χ3v) is 2.93. The van der Waals surface area contributed by atoms with Gasteiger partial charge in [0.15, 0.2) is 0 Å². The van der Waals surface area contributed by atoms with E-state index in [1.165, 1.54) is 11.3 Å². The highest BCUT2D eigenvalue weighted by Gasteiger charge is 2.11. The Morgan fingerprint density at radius 1 is 1.33 bits per heavy atom. The number of aromatic nitrogens is 1. The Balaban J connectivity index is 2.09. The fourth-order valence-electron chi connectivity index (χ4n) is 1.49. The predicted molar refractivity (Wildman–Crippen MR) is 69.4 cm³/mol. The first-order chi connectivity index (χ1) is 8.66. The van der Waals surface area contributed by atoms with E-state index in [0.717, 1.165) is 0 Å². The number of carbonyl (C=O) groups excluding carboxylic acids is 2. The number of rotatable bonds is 4. The first-order valence-corrected chi connectivity index (χ1v) is 6.17. The molecule has 1 heterocycles. The molecule has 6 heteroatoms. The van der Waals surface area contributed by atoms with Gasteiger partial charge in [0.2, 0.25) is 5.91 Å². The largest absolute Gasteiger partial charge is 0.366 e. The minimum Gasteiger partial charge on any atom is -0.366 e. The second-order valence-corrected chi connectivity index (χ2v) is 4.33. The number of para-hydroxylation sites is 1. The van der Waals surface area contributed by atoms with Crippen molar-refractivity contribution in [2.75, 3.05) is 5.32 Å². The molecular formula is C12H11N3O2S. The lowest BCUT2D eigenvalue weighted by atomic mass is 10.1. The molecule has 0 aliphatic carbocycles. The number of benzene rings is 1. The van der Waals surface area contributed by atoms with Gasteiger partial charge in [0.05, 0.1) is 28.9 Å². The zero-order chi connectivity index (χ0) is 13.0. The third kappa shape index (κ3) is 2.92. The minimum atomic E-state index is -0.570. The monoisotopic (exact) mass is 261 g/mol. The van der Waals surface area contributed by atoms with Crippen molar-refractivity contribution < 1.29 is 9.59 Å². The molecule has 0 aliphatic rings. The molecule has 0 aliphatic heterocycles. The molecule has 92 valence electrons. The Bertz CT molecular complexity index is 566. The summed E-state index contributed by atoms with van der Waals surface area (Å²) in [6, 6.07) is 6.63. The maximum atomic E-state index is 11.8. The molecule has 0 bridgehead atoms. The summed E-state index contributed by atoms with van der Waals surface area (Å²) in [6.07, 6.45) is 0.177. The summed E-state index contributed by atoms with van der Waals surface area (Å²) < 4.78 is 0. The van der Waals surface area contributed by atoms with Gasteiger partial charge in [0.1, 0.15) is 0 Å². The standard InChI is InChI=1S/C12H11N3O2S/c13-12(17)9-3-1-2-4-10(9)15-11(16)5-8-6-18-7-14-8/h1-4,6-7H,5H2,(H2,13,17)(H,15,16). The topological polar surface area (TPSA) is 85.1 Å². The molecule has 3 N–H and O–H groups in total. The predicted octanol–water partition coefficient (Wildman–Crippen LogP) is 1.42. The number of amides is 2. The second kappa shape index (κ2) is 5.42. The molecule has 0 saturated heterocycles. The van der Waals surface area contributed by atoms with Crippen LogP contribution in [0.25, 0.3) is 0 Å². The lowest BCUT2D eigenvalue weighted by molar-refractivity contribution is -0.115. The van der Waals surface area contributed by atoms with Crippen LogP contribution in [-0.2, 0) is 11.2 Å². The van der Waals surface area contributed by atoms with Crippen molar-refractivity contribution in [2.45, 2.75) is 6.42 Å². The first kappa shape index (κ1) is 12.3. The molecule has 2 aromatic rings. The van der Waals surface area contributed by atoms with Gasteiger partial charge in [-0.05, 0) is 12.1 Å². The highest BCUT2D eigenvalue weighted by atomic mass is 32.1. The summed E-state index contributed by atoms with van der Waals surface area (Å²) in [4.78, 5) is 27.0. The van der Waals surface area contributed by atoms with Crippen molar-refractivity contribution in [1.29, 1.82) is 0 Å². The Morgan fingerprint density at radius 2 is 2.11 bits per heavy atom. The molecule has 1 aromatic carbocycles. The van der Waals surface area contributed by atoms with Crippen LogP contribution in [-0.4, -0.2) is 16.8 Å². The van der Waals surface area contributed by atoms with E-state index < -0.39 is 5.91 Å². The number of carbonyl (C=O) groups is 2. The molecule has 0 radical (unpaired) electrons. The Morgan fingerprint density at radius 3 is 2.78 bits per heavy atom. The van der Waals surface area contributed by atoms with Crippen LogP contribution in [0.3, 0.4) is 0 Å². The van der Waals surface area contributed by atoms with Crippen molar-refractivity contribution in [3.8, 4) is 0 Å². The maximum Gasteiger partial charge on any atom is 0.250 e. The molecule has 5 nitrogen and oxygen atoms in total. The number of anilines is 1. The Hall–Kier alpha value is -2.21. The molecule has 18 heavy (non-hydrogen) atoms. The second-order valence-electron chi connectivity index (χ2n) is 3.61. The summed E-state index contributed by atoms with van der Waals surface area (Å²) >= 11 is 1.43. The Kier molecular flexibility index (Phi) is 3.69. The lowest BCUT2D eigenvalue weighted by Gasteiger charge is -2.07. The number of nitrogens with two attached hydrogens (primary N) is 1. The quantitative estimate of drug-likeness (QED) is 0.872. The van der Waals surface area contributed by atoms with E-state index in [1.807, 2.05) is 0 Å². The van der Waals surface area contributed by atoms with E-state index in [2.05, 4.69) is 10.3 Å². The highest BCUT2D eigenvalue weighted by Crippen LogP contribution is 2.14. The van der Waals surface area contributed by atoms with Crippen molar-refractivity contribution in [3.63, 3.8) is 0 Å². The summed E-state index contributed by atoms with van der Waals surface area (Å²) in [5.74, 6) is -0.797. The van der Waals surface area contributed by atoms with Crippen LogP contribution in [0.4, 0.5) is 5.69 Å². The zero-order valence-corrected chi connectivity index (χ0v) is 10.2. The molecule has 2 rings (SSSR count). The van der Waals surface area contributed by atoms with Crippen molar-refractivity contribution in [3.05, 3.63) is 46.4 Å². The van der Waals surface area contributed by atoms with Crippen molar-refractivity contribution in [2.24, 2.45) is 5.73 Å². The fourth-order valence-corrected chi connectivity index (χ4v) is 2.05. The van der Waals surface area contributed by atoms with Gasteiger partial charge in [-0.1, -0.05) is 12.1 Å². The van der Waals surface area contributed by atoms with Crippen molar-refractivity contribution >= 4 is 28.8 Å². The number of nitrogens with one attached hydrogen (secondary N) is 1. The number of hydrogen-bond donors (Lipinski definition) is 2.